The van der Waals surface area contributed by atoms with E-state index in [0.717, 1.165) is 28.8 Å². The first-order valence-corrected chi connectivity index (χ1v) is 11.5. The summed E-state index contributed by atoms with van der Waals surface area (Å²) >= 11 is 0. The van der Waals surface area contributed by atoms with Crippen molar-refractivity contribution in [2.45, 2.75) is 58.8 Å². The van der Waals surface area contributed by atoms with Crippen LogP contribution in [-0.4, -0.2) is 11.1 Å². The van der Waals surface area contributed by atoms with E-state index in [1.807, 2.05) is 30.3 Å². The molecule has 1 N–H and O–H groups in total. The summed E-state index contributed by atoms with van der Waals surface area (Å²) in [6.07, 6.45) is 1.76. The Morgan fingerprint density at radius 2 is 1.39 bits per heavy atom. The van der Waals surface area contributed by atoms with Crippen LogP contribution in [0.2, 0.25) is 0 Å². The highest BCUT2D eigenvalue weighted by molar-refractivity contribution is 5.72. The Kier molecular flexibility index (Phi) is 8.36. The number of azo groups is 1. The molecule has 0 spiro atoms. The first kappa shape index (κ1) is 24.2. The van der Waals surface area contributed by atoms with Crippen LogP contribution >= 0.6 is 0 Å². The number of esters is 1. The van der Waals surface area contributed by atoms with Crippen molar-refractivity contribution in [1.82, 2.24) is 0 Å². The summed E-state index contributed by atoms with van der Waals surface area (Å²) in [5, 5.41) is 18.9. The lowest BCUT2D eigenvalue weighted by Crippen LogP contribution is -2.08. The third-order valence-electron chi connectivity index (χ3n) is 5.42. The van der Waals surface area contributed by atoms with Crippen LogP contribution in [0.5, 0.6) is 11.5 Å². The van der Waals surface area contributed by atoms with Crippen LogP contribution in [0, 0.1) is 0 Å². The highest BCUT2D eigenvalue weighted by Gasteiger charge is 2.15. The number of aromatic hydroxyl groups is 1. The number of carbonyl (C=O) groups excluding carboxylic acids is 1. The Labute approximate surface area is 196 Å². The summed E-state index contributed by atoms with van der Waals surface area (Å²) in [5.74, 6) is 1.10. The summed E-state index contributed by atoms with van der Waals surface area (Å²) in [6, 6.07) is 20.6. The van der Waals surface area contributed by atoms with Crippen molar-refractivity contribution in [2.75, 3.05) is 0 Å². The quantitative estimate of drug-likeness (QED) is 0.206. The van der Waals surface area contributed by atoms with Gasteiger partial charge in [-0.25, -0.2) is 0 Å². The average molecular weight is 445 g/mol. The van der Waals surface area contributed by atoms with Crippen molar-refractivity contribution in [1.29, 1.82) is 0 Å². The molecule has 0 saturated heterocycles. The third kappa shape index (κ3) is 7.01. The SMILES string of the molecule is CC(C)c1cc(CCCC(=O)Oc2ccc(/N=N/c3ccccc3)cc2)cc(C(C)C)c1O. The van der Waals surface area contributed by atoms with Gasteiger partial charge in [-0.3, -0.25) is 4.79 Å². The van der Waals surface area contributed by atoms with Gasteiger partial charge in [0, 0.05) is 6.42 Å². The molecule has 0 amide bonds. The molecule has 0 heterocycles. The molecule has 0 aliphatic heterocycles. The maximum atomic E-state index is 12.3. The molecular formula is C28H32N2O3. The van der Waals surface area contributed by atoms with Crippen LogP contribution in [-0.2, 0) is 11.2 Å². The molecule has 5 heteroatoms. The van der Waals surface area contributed by atoms with Crippen molar-refractivity contribution in [3.63, 3.8) is 0 Å². The van der Waals surface area contributed by atoms with Crippen LogP contribution < -0.4 is 4.74 Å². The van der Waals surface area contributed by atoms with Crippen molar-refractivity contribution in [3.8, 4) is 11.5 Å². The molecule has 3 aromatic rings. The van der Waals surface area contributed by atoms with Crippen LogP contribution in [0.3, 0.4) is 0 Å². The van der Waals surface area contributed by atoms with Gasteiger partial charge in [0.05, 0.1) is 11.4 Å². The minimum atomic E-state index is -0.263. The molecule has 0 fully saturated rings. The molecule has 0 bridgehead atoms. The van der Waals surface area contributed by atoms with E-state index in [0.29, 0.717) is 30.0 Å². The Morgan fingerprint density at radius 1 is 0.848 bits per heavy atom. The number of phenols is 1. The fourth-order valence-corrected chi connectivity index (χ4v) is 3.58. The number of hydrogen-bond donors (Lipinski definition) is 1. The van der Waals surface area contributed by atoms with Gasteiger partial charge in [0.1, 0.15) is 11.5 Å². The van der Waals surface area contributed by atoms with E-state index in [4.69, 9.17) is 4.74 Å². The molecule has 5 nitrogen and oxygen atoms in total. The number of hydrogen-bond acceptors (Lipinski definition) is 5. The van der Waals surface area contributed by atoms with Gasteiger partial charge in [-0.2, -0.15) is 10.2 Å². The van der Waals surface area contributed by atoms with Gasteiger partial charge in [-0.05, 0) is 77.8 Å². The molecule has 0 unspecified atom stereocenters. The second-order valence-corrected chi connectivity index (χ2v) is 8.79. The molecular weight excluding hydrogens is 412 g/mol. The smallest absolute Gasteiger partial charge is 0.311 e. The highest BCUT2D eigenvalue weighted by Crippen LogP contribution is 2.35. The number of benzene rings is 3. The van der Waals surface area contributed by atoms with E-state index < -0.39 is 0 Å². The molecule has 0 aliphatic carbocycles. The van der Waals surface area contributed by atoms with Crippen LogP contribution in [0.15, 0.2) is 77.0 Å². The lowest BCUT2D eigenvalue weighted by molar-refractivity contribution is -0.134. The van der Waals surface area contributed by atoms with Crippen molar-refractivity contribution < 1.29 is 14.6 Å². The zero-order valence-corrected chi connectivity index (χ0v) is 19.8. The van der Waals surface area contributed by atoms with E-state index >= 15 is 0 Å². The van der Waals surface area contributed by atoms with E-state index in [1.54, 1.807) is 24.3 Å². The topological polar surface area (TPSA) is 71.2 Å². The fraction of sp³-hybridized carbons (Fsp3) is 0.321. The van der Waals surface area contributed by atoms with Gasteiger partial charge in [0.2, 0.25) is 0 Å². The standard InChI is InChI=1S/C28H32N2O3/c1-19(2)25-17-21(18-26(20(3)4)28(25)32)9-8-12-27(31)33-24-15-13-23(14-16-24)30-29-22-10-6-5-7-11-22/h5-7,10-11,13-20,32H,8-9,12H2,1-4H3/b30-29+. The number of nitrogens with zero attached hydrogens (tertiary/aromatic N) is 2. The van der Waals surface area contributed by atoms with E-state index in [9.17, 15) is 9.90 Å². The van der Waals surface area contributed by atoms with Gasteiger partial charge in [0.15, 0.2) is 0 Å². The number of rotatable bonds is 9. The van der Waals surface area contributed by atoms with Gasteiger partial charge < -0.3 is 9.84 Å². The number of phenolic OH excluding ortho intramolecular Hbond substituents is 1. The molecule has 33 heavy (non-hydrogen) atoms. The Balaban J connectivity index is 1.53. The summed E-state index contributed by atoms with van der Waals surface area (Å²) in [4.78, 5) is 12.3. The van der Waals surface area contributed by atoms with Gasteiger partial charge in [-0.15, -0.1) is 0 Å². The van der Waals surface area contributed by atoms with E-state index in [-0.39, 0.29) is 17.8 Å². The molecule has 0 radical (unpaired) electrons. The second kappa shape index (κ2) is 11.4. The molecule has 172 valence electrons. The van der Waals surface area contributed by atoms with Gasteiger partial charge >= 0.3 is 5.97 Å². The Morgan fingerprint density at radius 3 is 1.94 bits per heavy atom. The second-order valence-electron chi connectivity index (χ2n) is 8.79. The molecule has 3 rings (SSSR count). The zero-order chi connectivity index (χ0) is 23.8. The lowest BCUT2D eigenvalue weighted by Gasteiger charge is -2.17. The summed E-state index contributed by atoms with van der Waals surface area (Å²) in [5.41, 5.74) is 4.53. The summed E-state index contributed by atoms with van der Waals surface area (Å²) in [6.45, 7) is 8.31. The number of ether oxygens (including phenoxy) is 1. The Bertz CT molecular complexity index is 1060. The van der Waals surface area contributed by atoms with E-state index in [1.165, 1.54) is 0 Å². The van der Waals surface area contributed by atoms with E-state index in [2.05, 4.69) is 50.1 Å². The fourth-order valence-electron chi connectivity index (χ4n) is 3.58. The van der Waals surface area contributed by atoms with Crippen LogP contribution in [0.4, 0.5) is 11.4 Å². The van der Waals surface area contributed by atoms with Gasteiger partial charge in [0.25, 0.3) is 0 Å². The third-order valence-corrected chi connectivity index (χ3v) is 5.42. The van der Waals surface area contributed by atoms with Crippen LogP contribution in [0.1, 0.15) is 69.1 Å². The van der Waals surface area contributed by atoms with Gasteiger partial charge in [-0.1, -0.05) is 58.0 Å². The molecule has 0 aliphatic rings. The Hall–Kier alpha value is -3.47. The average Bonchev–Trinajstić information content (AvgIpc) is 2.80. The first-order chi connectivity index (χ1) is 15.8. The highest BCUT2D eigenvalue weighted by atomic mass is 16.5. The van der Waals surface area contributed by atoms with Crippen molar-refractivity contribution >= 4 is 17.3 Å². The molecule has 0 aromatic heterocycles. The number of carbonyl (C=O) groups is 1. The minimum absolute atomic E-state index is 0.239. The number of aryl methyl sites for hydroxylation is 1. The predicted molar refractivity (Wildman–Crippen MR) is 132 cm³/mol. The molecule has 0 saturated carbocycles. The zero-order valence-electron chi connectivity index (χ0n) is 19.8. The molecule has 3 aromatic carbocycles. The predicted octanol–water partition coefficient (Wildman–Crippen LogP) is 7.98. The molecule has 0 atom stereocenters. The first-order valence-electron chi connectivity index (χ1n) is 11.5. The van der Waals surface area contributed by atoms with Crippen LogP contribution in [0.25, 0.3) is 0 Å². The maximum absolute atomic E-state index is 12.3. The van der Waals surface area contributed by atoms with Crippen molar-refractivity contribution in [3.05, 3.63) is 83.4 Å². The monoisotopic (exact) mass is 444 g/mol. The van der Waals surface area contributed by atoms with Crippen molar-refractivity contribution in [2.24, 2.45) is 10.2 Å². The summed E-state index contributed by atoms with van der Waals surface area (Å²) in [7, 11) is 0. The largest absolute Gasteiger partial charge is 0.507 e. The minimum Gasteiger partial charge on any atom is -0.507 e. The summed E-state index contributed by atoms with van der Waals surface area (Å²) < 4.78 is 5.46. The lowest BCUT2D eigenvalue weighted by atomic mass is 9.90. The maximum Gasteiger partial charge on any atom is 0.311 e. The normalized spacial score (nSPS) is 11.5.